The van der Waals surface area contributed by atoms with Gasteiger partial charge in [0.05, 0.1) is 15.8 Å². The van der Waals surface area contributed by atoms with E-state index >= 15 is 0 Å². The minimum absolute atomic E-state index is 0.0592. The van der Waals surface area contributed by atoms with Gasteiger partial charge in [-0.3, -0.25) is 9.59 Å². The van der Waals surface area contributed by atoms with Gasteiger partial charge in [0.1, 0.15) is 0 Å². The van der Waals surface area contributed by atoms with Crippen LogP contribution < -0.4 is 0 Å². The van der Waals surface area contributed by atoms with Gasteiger partial charge in [0.15, 0.2) is 0 Å². The summed E-state index contributed by atoms with van der Waals surface area (Å²) in [6.07, 6.45) is 5.60. The van der Waals surface area contributed by atoms with Gasteiger partial charge >= 0.3 is 0 Å². The fourth-order valence-corrected chi connectivity index (χ4v) is 1.98. The van der Waals surface area contributed by atoms with Crippen LogP contribution in [0.1, 0.15) is 5.56 Å². The summed E-state index contributed by atoms with van der Waals surface area (Å²) >= 11 is 11.4. The number of allylic oxidation sites excluding steroid dienone is 4. The van der Waals surface area contributed by atoms with Crippen LogP contribution in [0, 0.1) is 0 Å². The fraction of sp³-hybridized carbons (Fsp3) is 0. The summed E-state index contributed by atoms with van der Waals surface area (Å²) in [5.41, 5.74) is 1.14. The molecule has 3 nitrogen and oxygen atoms in total. The highest BCUT2D eigenvalue weighted by molar-refractivity contribution is 6.57. The highest BCUT2D eigenvalue weighted by Crippen LogP contribution is 2.19. The van der Waals surface area contributed by atoms with E-state index < -0.39 is 11.7 Å². The molecule has 0 fully saturated rings. The Labute approximate surface area is 125 Å². The van der Waals surface area contributed by atoms with Crippen molar-refractivity contribution in [1.29, 1.82) is 0 Å². The fourth-order valence-electron chi connectivity index (χ4n) is 1.51. The van der Waals surface area contributed by atoms with E-state index in [1.54, 1.807) is 6.08 Å². The first-order valence-electron chi connectivity index (χ1n) is 5.71. The second-order valence-electron chi connectivity index (χ2n) is 3.93. The zero-order valence-electron chi connectivity index (χ0n) is 10.2. The number of aliphatic imine (C=N–C) groups is 1. The first-order valence-corrected chi connectivity index (χ1v) is 6.47. The molecule has 0 heterocycles. The molecule has 1 aliphatic carbocycles. The van der Waals surface area contributed by atoms with E-state index in [1.165, 1.54) is 18.2 Å². The highest BCUT2D eigenvalue weighted by atomic mass is 35.5. The number of carbonyl (C=O) groups excluding carboxylic acids is 2. The third-order valence-corrected chi connectivity index (χ3v) is 3.00. The van der Waals surface area contributed by atoms with Crippen LogP contribution in [-0.4, -0.2) is 17.4 Å². The molecule has 1 aliphatic rings. The Morgan fingerprint density at radius 2 is 1.65 bits per heavy atom. The van der Waals surface area contributed by atoms with Crippen molar-refractivity contribution in [2.45, 2.75) is 0 Å². The second-order valence-corrected chi connectivity index (χ2v) is 4.75. The molecule has 0 saturated heterocycles. The molecule has 0 bridgehead atoms. The number of ketones is 1. The standard InChI is InChI=1S/C15H9Cl2NO2/c16-12-8-11(9-13(17)15(12)20)18-14(19)7-6-10-4-2-1-3-5-10/h1-9H/b7-6+. The number of nitrogens with zero attached hydrogens (tertiary/aromatic N) is 1. The van der Waals surface area contributed by atoms with Crippen molar-refractivity contribution < 1.29 is 9.59 Å². The Bertz CT molecular complexity index is 646. The topological polar surface area (TPSA) is 46.5 Å². The number of Topliss-reactive ketones (excluding diaryl/α,β-unsaturated/α-hetero) is 1. The highest BCUT2D eigenvalue weighted by Gasteiger charge is 2.17. The summed E-state index contributed by atoms with van der Waals surface area (Å²) < 4.78 is 0. The van der Waals surface area contributed by atoms with E-state index in [2.05, 4.69) is 4.99 Å². The maximum Gasteiger partial charge on any atom is 0.270 e. The van der Waals surface area contributed by atoms with Crippen molar-refractivity contribution in [3.8, 4) is 0 Å². The average Bonchev–Trinajstić information content (AvgIpc) is 2.43. The van der Waals surface area contributed by atoms with E-state index in [1.807, 2.05) is 30.3 Å². The Morgan fingerprint density at radius 3 is 2.25 bits per heavy atom. The van der Waals surface area contributed by atoms with Crippen molar-refractivity contribution >= 4 is 46.7 Å². The van der Waals surface area contributed by atoms with E-state index in [9.17, 15) is 9.59 Å². The Balaban J connectivity index is 2.14. The minimum Gasteiger partial charge on any atom is -0.287 e. The van der Waals surface area contributed by atoms with Crippen LogP contribution >= 0.6 is 23.2 Å². The molecule has 1 aromatic carbocycles. The molecular formula is C15H9Cl2NO2. The molecule has 0 aliphatic heterocycles. The van der Waals surface area contributed by atoms with Crippen molar-refractivity contribution in [1.82, 2.24) is 0 Å². The molecule has 20 heavy (non-hydrogen) atoms. The van der Waals surface area contributed by atoms with Crippen molar-refractivity contribution in [2.24, 2.45) is 4.99 Å². The van der Waals surface area contributed by atoms with E-state index in [0.29, 0.717) is 0 Å². The minimum atomic E-state index is -0.473. The van der Waals surface area contributed by atoms with Crippen LogP contribution in [0.15, 0.2) is 63.6 Å². The molecule has 1 aromatic rings. The first-order chi connectivity index (χ1) is 9.56. The predicted molar refractivity (Wildman–Crippen MR) is 80.8 cm³/mol. The summed E-state index contributed by atoms with van der Waals surface area (Å²) in [5.74, 6) is -0.931. The third-order valence-electron chi connectivity index (χ3n) is 2.44. The quantitative estimate of drug-likeness (QED) is 0.620. The average molecular weight is 306 g/mol. The van der Waals surface area contributed by atoms with Gasteiger partial charge in [-0.05, 0) is 23.8 Å². The molecule has 0 saturated carbocycles. The SMILES string of the molecule is O=C(/C=C/c1ccccc1)N=C1C=C(Cl)C(=O)C(Cl)=C1. The Morgan fingerprint density at radius 1 is 1.05 bits per heavy atom. The molecular weight excluding hydrogens is 297 g/mol. The largest absolute Gasteiger partial charge is 0.287 e. The van der Waals surface area contributed by atoms with Crippen molar-refractivity contribution in [3.63, 3.8) is 0 Å². The van der Waals surface area contributed by atoms with E-state index in [-0.39, 0.29) is 15.8 Å². The molecule has 0 atom stereocenters. The van der Waals surface area contributed by atoms with Crippen LogP contribution in [0.3, 0.4) is 0 Å². The van der Waals surface area contributed by atoms with Gasteiger partial charge in [-0.25, -0.2) is 4.99 Å². The zero-order chi connectivity index (χ0) is 14.5. The van der Waals surface area contributed by atoms with Gasteiger partial charge in [0.2, 0.25) is 5.78 Å². The van der Waals surface area contributed by atoms with Gasteiger partial charge in [-0.1, -0.05) is 53.5 Å². The van der Waals surface area contributed by atoms with Gasteiger partial charge in [0.25, 0.3) is 5.91 Å². The molecule has 0 unspecified atom stereocenters. The monoisotopic (exact) mass is 305 g/mol. The maximum absolute atomic E-state index is 11.7. The lowest BCUT2D eigenvalue weighted by Crippen LogP contribution is -2.09. The van der Waals surface area contributed by atoms with Crippen LogP contribution in [0.2, 0.25) is 0 Å². The number of hydrogen-bond donors (Lipinski definition) is 0. The third kappa shape index (κ3) is 3.76. The number of amides is 1. The summed E-state index contributed by atoms with van der Waals surface area (Å²) in [7, 11) is 0. The predicted octanol–water partition coefficient (Wildman–Crippen LogP) is 3.50. The summed E-state index contributed by atoms with van der Waals surface area (Å²) in [6.45, 7) is 0. The molecule has 0 radical (unpaired) electrons. The molecule has 2 rings (SSSR count). The normalized spacial score (nSPS) is 15.1. The number of halogens is 2. The van der Waals surface area contributed by atoms with Crippen LogP contribution in [-0.2, 0) is 9.59 Å². The summed E-state index contributed by atoms with van der Waals surface area (Å²) in [4.78, 5) is 26.8. The van der Waals surface area contributed by atoms with Crippen molar-refractivity contribution in [2.75, 3.05) is 0 Å². The Hall–Kier alpha value is -1.97. The van der Waals surface area contributed by atoms with Crippen LogP contribution in [0.5, 0.6) is 0 Å². The maximum atomic E-state index is 11.7. The summed E-state index contributed by atoms with van der Waals surface area (Å²) in [5, 5.41) is -0.118. The van der Waals surface area contributed by atoms with Crippen LogP contribution in [0.4, 0.5) is 0 Å². The molecule has 0 aromatic heterocycles. The lowest BCUT2D eigenvalue weighted by molar-refractivity contribution is -0.113. The lowest BCUT2D eigenvalue weighted by Gasteiger charge is -2.04. The van der Waals surface area contributed by atoms with Crippen LogP contribution in [0.25, 0.3) is 6.08 Å². The number of benzene rings is 1. The second kappa shape index (κ2) is 6.46. The number of hydrogen-bond acceptors (Lipinski definition) is 2. The molecule has 1 amide bonds. The van der Waals surface area contributed by atoms with E-state index in [4.69, 9.17) is 23.2 Å². The molecule has 0 N–H and O–H groups in total. The zero-order valence-corrected chi connectivity index (χ0v) is 11.7. The van der Waals surface area contributed by atoms with Crippen molar-refractivity contribution in [3.05, 3.63) is 64.2 Å². The van der Waals surface area contributed by atoms with Gasteiger partial charge in [0, 0.05) is 6.08 Å². The van der Waals surface area contributed by atoms with Gasteiger partial charge in [-0.2, -0.15) is 0 Å². The summed E-state index contributed by atoms with van der Waals surface area (Å²) in [6, 6.07) is 9.35. The number of carbonyl (C=O) groups is 2. The lowest BCUT2D eigenvalue weighted by atomic mass is 10.1. The van der Waals surface area contributed by atoms with E-state index in [0.717, 1.165) is 5.56 Å². The molecule has 0 spiro atoms. The molecule has 5 heteroatoms. The smallest absolute Gasteiger partial charge is 0.270 e. The first kappa shape index (κ1) is 14.4. The number of rotatable bonds is 2. The Kier molecular flexibility index (Phi) is 4.66. The van der Waals surface area contributed by atoms with Gasteiger partial charge < -0.3 is 0 Å². The molecule has 100 valence electrons. The van der Waals surface area contributed by atoms with Gasteiger partial charge in [-0.15, -0.1) is 0 Å².